The maximum absolute atomic E-state index is 12.4. The molecule has 1 amide bonds. The summed E-state index contributed by atoms with van der Waals surface area (Å²) in [6, 6.07) is 15.0. The van der Waals surface area contributed by atoms with Crippen LogP contribution < -0.4 is 5.32 Å². The highest BCUT2D eigenvalue weighted by Crippen LogP contribution is 2.22. The molecule has 2 aromatic carbocycles. The van der Waals surface area contributed by atoms with Crippen LogP contribution in [-0.4, -0.2) is 24.6 Å². The third-order valence-electron chi connectivity index (χ3n) is 3.33. The zero-order chi connectivity index (χ0) is 16.9. The molecule has 0 spiro atoms. The molecule has 5 nitrogen and oxygen atoms in total. The Morgan fingerprint density at radius 1 is 1.09 bits per heavy atom. The molecule has 2 rings (SSSR count). The number of anilines is 1. The fourth-order valence-corrected chi connectivity index (χ4v) is 3.09. The van der Waals surface area contributed by atoms with E-state index in [9.17, 15) is 17.8 Å². The third kappa shape index (κ3) is 4.82. The van der Waals surface area contributed by atoms with Gasteiger partial charge >= 0.3 is 0 Å². The van der Waals surface area contributed by atoms with Gasteiger partial charge in [0.2, 0.25) is 5.91 Å². The molecule has 0 aliphatic rings. The maximum Gasteiger partial charge on any atom is 0.228 e. The van der Waals surface area contributed by atoms with E-state index in [0.717, 1.165) is 5.56 Å². The first-order valence-corrected chi connectivity index (χ1v) is 8.96. The predicted octanol–water partition coefficient (Wildman–Crippen LogP) is 2.32. The third-order valence-corrected chi connectivity index (χ3v) is 4.67. The van der Waals surface area contributed by atoms with Crippen LogP contribution in [0.4, 0.5) is 5.69 Å². The second kappa shape index (κ2) is 7.63. The fourth-order valence-electron chi connectivity index (χ4n) is 2.16. The molecule has 23 heavy (non-hydrogen) atoms. The highest BCUT2D eigenvalue weighted by Gasteiger charge is 2.19. The molecule has 2 aromatic rings. The van der Waals surface area contributed by atoms with E-state index in [4.69, 9.17) is 0 Å². The lowest BCUT2D eigenvalue weighted by Crippen LogP contribution is -2.26. The van der Waals surface area contributed by atoms with Gasteiger partial charge in [-0.3, -0.25) is 4.79 Å². The van der Waals surface area contributed by atoms with Crippen LogP contribution in [0.2, 0.25) is 0 Å². The first kappa shape index (κ1) is 17.5. The second-order valence-corrected chi connectivity index (χ2v) is 6.72. The van der Waals surface area contributed by atoms with Crippen molar-refractivity contribution in [3.8, 4) is 0 Å². The summed E-state index contributed by atoms with van der Waals surface area (Å²) in [5.41, 5.74) is 0.971. The number of para-hydroxylation sites is 1. The molecule has 1 atom stereocenters. The van der Waals surface area contributed by atoms with Crippen LogP contribution in [-0.2, 0) is 21.3 Å². The number of hydrogen-bond acceptors (Lipinski definition) is 5. The van der Waals surface area contributed by atoms with Gasteiger partial charge in [0.1, 0.15) is 10.1 Å². The van der Waals surface area contributed by atoms with Gasteiger partial charge in [0, 0.05) is 5.75 Å². The Morgan fingerprint density at radius 2 is 1.70 bits per heavy atom. The minimum atomic E-state index is -4.65. The Labute approximate surface area is 140 Å². The van der Waals surface area contributed by atoms with Gasteiger partial charge in [-0.15, -0.1) is 0 Å². The molecule has 0 heterocycles. The molecule has 0 saturated carbocycles. The average molecular weight is 350 g/mol. The summed E-state index contributed by atoms with van der Waals surface area (Å²) >= 11 is 4.19. The summed E-state index contributed by atoms with van der Waals surface area (Å²) in [7, 11) is -4.65. The van der Waals surface area contributed by atoms with Crippen LogP contribution in [0.25, 0.3) is 0 Å². The Hall–Kier alpha value is -1.83. The van der Waals surface area contributed by atoms with Gasteiger partial charge in [0.25, 0.3) is 0 Å². The molecule has 0 radical (unpaired) electrons. The molecule has 122 valence electrons. The first-order valence-electron chi connectivity index (χ1n) is 6.92. The molecule has 0 aromatic heterocycles. The molecule has 0 aliphatic heterocycles. The van der Waals surface area contributed by atoms with Gasteiger partial charge in [0.15, 0.2) is 0 Å². The van der Waals surface area contributed by atoms with Crippen molar-refractivity contribution in [2.45, 2.75) is 11.3 Å². The fraction of sp³-hybridized carbons (Fsp3) is 0.188. The largest absolute Gasteiger partial charge is 0.744 e. The van der Waals surface area contributed by atoms with Crippen molar-refractivity contribution in [2.75, 3.05) is 11.1 Å². The number of benzene rings is 2. The van der Waals surface area contributed by atoms with E-state index >= 15 is 0 Å². The number of amides is 1. The lowest BCUT2D eigenvalue weighted by Gasteiger charge is -2.18. The SMILES string of the molecule is O=C(Nc1ccccc1S(=O)(=O)[O-])C(CS)Cc1ccccc1. The number of hydrogen-bond donors (Lipinski definition) is 2. The van der Waals surface area contributed by atoms with Crippen molar-refractivity contribution in [1.82, 2.24) is 0 Å². The first-order chi connectivity index (χ1) is 10.9. The lowest BCUT2D eigenvalue weighted by atomic mass is 10.00. The van der Waals surface area contributed by atoms with Crippen LogP contribution in [0.5, 0.6) is 0 Å². The molecule has 7 heteroatoms. The topological polar surface area (TPSA) is 86.3 Å². The minimum Gasteiger partial charge on any atom is -0.744 e. The van der Waals surface area contributed by atoms with E-state index in [-0.39, 0.29) is 11.6 Å². The van der Waals surface area contributed by atoms with Gasteiger partial charge in [-0.25, -0.2) is 8.42 Å². The summed E-state index contributed by atoms with van der Waals surface area (Å²) in [6.07, 6.45) is 0.475. The summed E-state index contributed by atoms with van der Waals surface area (Å²) in [5.74, 6) is -0.518. The van der Waals surface area contributed by atoms with Crippen molar-refractivity contribution < 1.29 is 17.8 Å². The van der Waals surface area contributed by atoms with Crippen LogP contribution >= 0.6 is 12.6 Å². The van der Waals surface area contributed by atoms with Gasteiger partial charge in [-0.05, 0) is 24.1 Å². The molecular weight excluding hydrogens is 334 g/mol. The number of carbonyl (C=O) groups is 1. The Balaban J connectivity index is 2.18. The highest BCUT2D eigenvalue weighted by atomic mass is 32.2. The second-order valence-electron chi connectivity index (χ2n) is 5.01. The predicted molar refractivity (Wildman–Crippen MR) is 90.5 cm³/mol. The van der Waals surface area contributed by atoms with Crippen molar-refractivity contribution in [3.05, 3.63) is 60.2 Å². The summed E-state index contributed by atoms with van der Waals surface area (Å²) in [5, 5.41) is 2.52. The molecule has 1 N–H and O–H groups in total. The molecule has 0 aliphatic carbocycles. The molecule has 0 fully saturated rings. The van der Waals surface area contributed by atoms with Crippen molar-refractivity contribution in [3.63, 3.8) is 0 Å². The van der Waals surface area contributed by atoms with E-state index in [1.165, 1.54) is 18.2 Å². The van der Waals surface area contributed by atoms with E-state index in [0.29, 0.717) is 12.2 Å². The van der Waals surface area contributed by atoms with Gasteiger partial charge in [-0.2, -0.15) is 12.6 Å². The molecule has 0 bridgehead atoms. The summed E-state index contributed by atoms with van der Waals surface area (Å²) in [6.45, 7) is 0. The Morgan fingerprint density at radius 3 is 2.30 bits per heavy atom. The number of nitrogens with one attached hydrogen (secondary N) is 1. The van der Waals surface area contributed by atoms with Crippen molar-refractivity contribution in [2.24, 2.45) is 5.92 Å². The number of rotatable bonds is 6. The van der Waals surface area contributed by atoms with Crippen LogP contribution in [0.15, 0.2) is 59.5 Å². The van der Waals surface area contributed by atoms with Crippen molar-refractivity contribution >= 4 is 34.3 Å². The normalized spacial score (nSPS) is 12.6. The van der Waals surface area contributed by atoms with Crippen LogP contribution in [0.1, 0.15) is 5.56 Å². The molecule has 1 unspecified atom stereocenters. The van der Waals surface area contributed by atoms with E-state index in [2.05, 4.69) is 17.9 Å². The van der Waals surface area contributed by atoms with Gasteiger partial charge < -0.3 is 9.87 Å². The lowest BCUT2D eigenvalue weighted by molar-refractivity contribution is -0.119. The number of thiol groups is 1. The summed E-state index contributed by atoms with van der Waals surface area (Å²) in [4.78, 5) is 11.9. The molecule has 0 saturated heterocycles. The Kier molecular flexibility index (Phi) is 5.81. The average Bonchev–Trinajstić information content (AvgIpc) is 2.53. The van der Waals surface area contributed by atoms with Crippen LogP contribution in [0, 0.1) is 5.92 Å². The quantitative estimate of drug-likeness (QED) is 0.618. The maximum atomic E-state index is 12.4. The summed E-state index contributed by atoms with van der Waals surface area (Å²) < 4.78 is 33.7. The van der Waals surface area contributed by atoms with E-state index < -0.39 is 20.9 Å². The van der Waals surface area contributed by atoms with Crippen LogP contribution in [0.3, 0.4) is 0 Å². The van der Waals surface area contributed by atoms with Gasteiger partial charge in [0.05, 0.1) is 16.5 Å². The van der Waals surface area contributed by atoms with Gasteiger partial charge in [-0.1, -0.05) is 42.5 Å². The number of carbonyl (C=O) groups excluding carboxylic acids is 1. The van der Waals surface area contributed by atoms with Crippen molar-refractivity contribution in [1.29, 1.82) is 0 Å². The molecular formula is C16H16NO4S2-. The van der Waals surface area contributed by atoms with E-state index in [1.807, 2.05) is 30.3 Å². The Bertz CT molecular complexity index is 776. The monoisotopic (exact) mass is 350 g/mol. The van der Waals surface area contributed by atoms with E-state index in [1.54, 1.807) is 6.07 Å². The standard InChI is InChI=1S/C16H17NO4S2/c18-16(13(11-22)10-12-6-2-1-3-7-12)17-14-8-4-5-9-15(14)23(19,20)21/h1-9,13,22H,10-11H2,(H,17,18)(H,19,20,21)/p-1. The smallest absolute Gasteiger partial charge is 0.228 e. The zero-order valence-corrected chi connectivity index (χ0v) is 13.9. The highest BCUT2D eigenvalue weighted by molar-refractivity contribution is 7.86. The zero-order valence-electron chi connectivity index (χ0n) is 12.2. The minimum absolute atomic E-state index is 0.00709.